The van der Waals surface area contributed by atoms with Crippen molar-refractivity contribution in [2.24, 2.45) is 5.92 Å². The Morgan fingerprint density at radius 1 is 1.16 bits per heavy atom. The molecule has 0 radical (unpaired) electrons. The number of nitrogens with one attached hydrogen (secondary N) is 1. The van der Waals surface area contributed by atoms with E-state index in [0.29, 0.717) is 24.9 Å². The van der Waals surface area contributed by atoms with Gasteiger partial charge in [-0.2, -0.15) is 5.10 Å². The van der Waals surface area contributed by atoms with Gasteiger partial charge in [0.15, 0.2) is 0 Å². The van der Waals surface area contributed by atoms with E-state index in [1.54, 1.807) is 0 Å². The first-order valence-electron chi connectivity index (χ1n) is 11.5. The van der Waals surface area contributed by atoms with Crippen molar-refractivity contribution in [2.75, 3.05) is 13.1 Å². The second-order valence-electron chi connectivity index (χ2n) is 8.59. The molecule has 2 aromatic carbocycles. The number of ether oxygens (including phenoxy) is 1. The Balaban J connectivity index is 1.70. The molecule has 6 heteroatoms. The van der Waals surface area contributed by atoms with E-state index in [-0.39, 0.29) is 6.03 Å². The maximum absolute atomic E-state index is 12.9. The summed E-state index contributed by atoms with van der Waals surface area (Å²) in [4.78, 5) is 14.8. The van der Waals surface area contributed by atoms with Crippen molar-refractivity contribution in [3.8, 4) is 17.3 Å². The van der Waals surface area contributed by atoms with E-state index >= 15 is 0 Å². The van der Waals surface area contributed by atoms with Crippen LogP contribution in [-0.2, 0) is 6.54 Å². The number of carbonyl (C=O) groups is 1. The summed E-state index contributed by atoms with van der Waals surface area (Å²) in [6, 6.07) is 17.9. The highest BCUT2D eigenvalue weighted by atomic mass is 16.5. The van der Waals surface area contributed by atoms with E-state index in [1.165, 1.54) is 12.8 Å². The van der Waals surface area contributed by atoms with Crippen molar-refractivity contribution in [1.82, 2.24) is 20.0 Å². The summed E-state index contributed by atoms with van der Waals surface area (Å²) in [7, 11) is 0. The molecule has 0 bridgehead atoms. The lowest BCUT2D eigenvalue weighted by atomic mass is 10.2. The minimum Gasteiger partial charge on any atom is -0.439 e. The zero-order chi connectivity index (χ0) is 22.5. The molecule has 0 spiro atoms. The Hall–Kier alpha value is -3.28. The fraction of sp³-hybridized carbons (Fsp3) is 0.385. The molecule has 0 aliphatic heterocycles. The second kappa shape index (κ2) is 9.90. The molecule has 1 saturated carbocycles. The van der Waals surface area contributed by atoms with E-state index < -0.39 is 0 Å². The average molecular weight is 433 g/mol. The molecule has 1 heterocycles. The molecular formula is C26H32N4O2. The van der Waals surface area contributed by atoms with Crippen LogP contribution in [0.3, 0.4) is 0 Å². The number of nitrogens with zero attached hydrogens (tertiary/aromatic N) is 3. The summed E-state index contributed by atoms with van der Waals surface area (Å²) in [5, 5.41) is 7.84. The van der Waals surface area contributed by atoms with Gasteiger partial charge in [-0.3, -0.25) is 0 Å². The summed E-state index contributed by atoms with van der Waals surface area (Å²) in [5.74, 6) is 2.00. The number of benzene rings is 2. The first kappa shape index (κ1) is 21.9. The molecule has 1 aliphatic carbocycles. The van der Waals surface area contributed by atoms with Gasteiger partial charge in [0.1, 0.15) is 5.75 Å². The average Bonchev–Trinajstić information content (AvgIpc) is 3.57. The van der Waals surface area contributed by atoms with Gasteiger partial charge < -0.3 is 15.0 Å². The molecular weight excluding hydrogens is 400 g/mol. The number of aryl methyl sites for hydroxylation is 2. The normalized spacial score (nSPS) is 13.1. The lowest BCUT2D eigenvalue weighted by Crippen LogP contribution is -2.41. The highest BCUT2D eigenvalue weighted by Gasteiger charge is 2.29. The van der Waals surface area contributed by atoms with Crippen LogP contribution in [0.5, 0.6) is 11.6 Å². The number of rotatable bonds is 9. The first-order valence-corrected chi connectivity index (χ1v) is 11.5. The standard InChI is InChI=1S/C26H32N4O2/c1-4-15-27-26(31)29(17-21-13-14-21)18-24-20(3)28-30(22-10-6-5-7-11-22)25(24)32-23-12-8-9-19(2)16-23/h5-12,16,21H,4,13-15,17-18H2,1-3H3,(H,27,31). The zero-order valence-electron chi connectivity index (χ0n) is 19.2. The maximum atomic E-state index is 12.9. The van der Waals surface area contributed by atoms with Crippen LogP contribution in [0.4, 0.5) is 4.79 Å². The Morgan fingerprint density at radius 3 is 2.62 bits per heavy atom. The minimum atomic E-state index is -0.0212. The molecule has 1 aliphatic rings. The largest absolute Gasteiger partial charge is 0.439 e. The first-order chi connectivity index (χ1) is 15.5. The molecule has 6 nitrogen and oxygen atoms in total. The van der Waals surface area contributed by atoms with E-state index in [4.69, 9.17) is 9.84 Å². The Morgan fingerprint density at radius 2 is 1.94 bits per heavy atom. The summed E-state index contributed by atoms with van der Waals surface area (Å²) >= 11 is 0. The van der Waals surface area contributed by atoms with E-state index in [0.717, 1.165) is 41.2 Å². The lowest BCUT2D eigenvalue weighted by molar-refractivity contribution is 0.192. The third kappa shape index (κ3) is 5.31. The van der Waals surface area contributed by atoms with Gasteiger partial charge in [0.2, 0.25) is 5.88 Å². The van der Waals surface area contributed by atoms with Gasteiger partial charge in [0, 0.05) is 13.1 Å². The predicted octanol–water partition coefficient (Wildman–Crippen LogP) is 5.61. The van der Waals surface area contributed by atoms with E-state index in [1.807, 2.05) is 78.0 Å². The molecule has 3 aromatic rings. The number of carbonyl (C=O) groups excluding carboxylic acids is 1. The predicted molar refractivity (Wildman–Crippen MR) is 126 cm³/mol. The molecule has 0 atom stereocenters. The highest BCUT2D eigenvalue weighted by Crippen LogP contribution is 2.34. The number of para-hydroxylation sites is 1. The fourth-order valence-electron chi connectivity index (χ4n) is 3.73. The number of hydrogen-bond acceptors (Lipinski definition) is 3. The third-order valence-electron chi connectivity index (χ3n) is 5.68. The fourth-order valence-corrected chi connectivity index (χ4v) is 3.73. The summed E-state index contributed by atoms with van der Waals surface area (Å²) < 4.78 is 8.26. The summed E-state index contributed by atoms with van der Waals surface area (Å²) in [5.41, 5.74) is 3.85. The topological polar surface area (TPSA) is 59.4 Å². The van der Waals surface area contributed by atoms with E-state index in [9.17, 15) is 4.79 Å². The number of urea groups is 1. The molecule has 0 saturated heterocycles. The molecule has 32 heavy (non-hydrogen) atoms. The van der Waals surface area contributed by atoms with Crippen LogP contribution in [0, 0.1) is 19.8 Å². The van der Waals surface area contributed by atoms with Gasteiger partial charge in [0.25, 0.3) is 0 Å². The molecule has 2 amide bonds. The van der Waals surface area contributed by atoms with Gasteiger partial charge in [-0.25, -0.2) is 9.48 Å². The van der Waals surface area contributed by atoms with Gasteiger partial charge >= 0.3 is 6.03 Å². The van der Waals surface area contributed by atoms with Crippen molar-refractivity contribution < 1.29 is 9.53 Å². The summed E-state index contributed by atoms with van der Waals surface area (Å²) in [6.07, 6.45) is 3.29. The quantitative estimate of drug-likeness (QED) is 0.478. The van der Waals surface area contributed by atoms with Crippen LogP contribution >= 0.6 is 0 Å². The summed E-state index contributed by atoms with van der Waals surface area (Å²) in [6.45, 7) is 7.99. The number of aromatic nitrogens is 2. The smallest absolute Gasteiger partial charge is 0.317 e. The van der Waals surface area contributed by atoms with Gasteiger partial charge in [-0.15, -0.1) is 0 Å². The SMILES string of the molecule is CCCNC(=O)N(Cc1c(C)nn(-c2ccccc2)c1Oc1cccc(C)c1)CC1CC1. The highest BCUT2D eigenvalue weighted by molar-refractivity contribution is 5.74. The van der Waals surface area contributed by atoms with Crippen LogP contribution in [0.15, 0.2) is 54.6 Å². The van der Waals surface area contributed by atoms with Crippen molar-refractivity contribution in [1.29, 1.82) is 0 Å². The lowest BCUT2D eigenvalue weighted by Gasteiger charge is -2.23. The molecule has 1 N–H and O–H groups in total. The van der Waals surface area contributed by atoms with Crippen molar-refractivity contribution in [2.45, 2.75) is 46.6 Å². The van der Waals surface area contributed by atoms with Crippen LogP contribution in [0.1, 0.15) is 43.0 Å². The molecule has 0 unspecified atom stereocenters. The van der Waals surface area contributed by atoms with Crippen molar-refractivity contribution in [3.05, 3.63) is 71.4 Å². The van der Waals surface area contributed by atoms with Crippen LogP contribution in [-0.4, -0.2) is 33.8 Å². The third-order valence-corrected chi connectivity index (χ3v) is 5.68. The maximum Gasteiger partial charge on any atom is 0.317 e. The Kier molecular flexibility index (Phi) is 6.78. The van der Waals surface area contributed by atoms with Crippen LogP contribution in [0.2, 0.25) is 0 Å². The number of amides is 2. The van der Waals surface area contributed by atoms with Crippen molar-refractivity contribution in [3.63, 3.8) is 0 Å². The number of hydrogen-bond donors (Lipinski definition) is 1. The van der Waals surface area contributed by atoms with Crippen molar-refractivity contribution >= 4 is 6.03 Å². The monoisotopic (exact) mass is 432 g/mol. The van der Waals surface area contributed by atoms with Crippen LogP contribution in [0.25, 0.3) is 5.69 Å². The second-order valence-corrected chi connectivity index (χ2v) is 8.59. The molecule has 4 rings (SSSR count). The van der Waals surface area contributed by atoms with Gasteiger partial charge in [0.05, 0.1) is 23.5 Å². The molecule has 1 aromatic heterocycles. The zero-order valence-corrected chi connectivity index (χ0v) is 19.2. The van der Waals surface area contributed by atoms with Gasteiger partial charge in [-0.05, 0) is 68.9 Å². The Labute approximate surface area is 190 Å². The molecule has 168 valence electrons. The molecule has 1 fully saturated rings. The van der Waals surface area contributed by atoms with Crippen LogP contribution < -0.4 is 10.1 Å². The Bertz CT molecular complexity index is 1060. The minimum absolute atomic E-state index is 0.0212. The van der Waals surface area contributed by atoms with E-state index in [2.05, 4.69) is 12.2 Å². The van der Waals surface area contributed by atoms with Gasteiger partial charge in [-0.1, -0.05) is 37.3 Å².